The minimum atomic E-state index is -0.185. The summed E-state index contributed by atoms with van der Waals surface area (Å²) in [6.07, 6.45) is 0.676. The summed E-state index contributed by atoms with van der Waals surface area (Å²) < 4.78 is 5.05. The van der Waals surface area contributed by atoms with Crippen molar-refractivity contribution in [2.24, 2.45) is 0 Å². The van der Waals surface area contributed by atoms with Gasteiger partial charge in [-0.05, 0) is 13.3 Å². The molecule has 4 nitrogen and oxygen atoms in total. The Morgan fingerprint density at radius 1 is 1.42 bits per heavy atom. The summed E-state index contributed by atoms with van der Waals surface area (Å²) in [4.78, 5) is 13.8. The Bertz CT molecular complexity index is 247. The number of likely N-dealkylation sites (tertiary alicyclic amines) is 1. The van der Waals surface area contributed by atoms with Crippen LogP contribution in [-0.2, 0) is 9.53 Å². The minimum Gasteiger partial charge on any atom is -0.465 e. The zero-order valence-electron chi connectivity index (χ0n) is 10.9. The summed E-state index contributed by atoms with van der Waals surface area (Å²) in [6.45, 7) is 5.37. The molecule has 1 rings (SSSR count). The van der Waals surface area contributed by atoms with Gasteiger partial charge in [0.2, 0.25) is 0 Å². The van der Waals surface area contributed by atoms with Crippen LogP contribution in [0.5, 0.6) is 0 Å². The highest BCUT2D eigenvalue weighted by molar-refractivity contribution is 6.21. The number of carbonyl (C=O) groups excluding carboxylic acids is 1. The van der Waals surface area contributed by atoms with Crippen LogP contribution >= 0.6 is 48.0 Å². The van der Waals surface area contributed by atoms with Crippen LogP contribution in [0, 0.1) is 0 Å². The molecule has 1 fully saturated rings. The minimum absolute atomic E-state index is 0. The van der Waals surface area contributed by atoms with Crippen LogP contribution in [0.3, 0.4) is 0 Å². The maximum absolute atomic E-state index is 11.7. The third kappa shape index (κ3) is 7.78. The fourth-order valence-electron chi connectivity index (χ4n) is 1.99. The monoisotopic (exact) mass is 354 g/mol. The number of esters is 1. The normalized spacial score (nSPS) is 22.5. The summed E-state index contributed by atoms with van der Waals surface area (Å²) in [6, 6.07) is -0.185. The average molecular weight is 356 g/mol. The zero-order valence-corrected chi connectivity index (χ0v) is 14.1. The first-order valence-corrected chi connectivity index (χ1v) is 6.97. The summed E-state index contributed by atoms with van der Waals surface area (Å²) in [7, 11) is 0. The van der Waals surface area contributed by atoms with Crippen LogP contribution in [-0.4, -0.2) is 61.0 Å². The van der Waals surface area contributed by atoms with Crippen molar-refractivity contribution in [3.8, 4) is 0 Å². The Balaban J connectivity index is 0. The fraction of sp³-hybridized carbons (Fsp3) is 0.909. The van der Waals surface area contributed by atoms with Gasteiger partial charge in [0.05, 0.1) is 6.61 Å². The molecule has 0 aromatic carbocycles. The molecule has 8 heteroatoms. The first kappa shape index (κ1) is 21.8. The van der Waals surface area contributed by atoms with E-state index < -0.39 is 0 Å². The number of halogens is 4. The van der Waals surface area contributed by atoms with Crippen molar-refractivity contribution in [1.82, 2.24) is 10.2 Å². The molecule has 1 aliphatic rings. The first-order valence-electron chi connectivity index (χ1n) is 6.00. The summed E-state index contributed by atoms with van der Waals surface area (Å²) in [5, 5.41) is 3.24. The first-order chi connectivity index (χ1) is 8.19. The standard InChI is InChI=1S/C11H20Cl2N2O2.2ClH/c1-2-17-11(16)10-7-9(13)8-15(10)6-5-14-4-3-12;;/h9-10,14H,2-8H2,1H3;2*1H/t9?,10-;;/m0../s1. The molecule has 0 radical (unpaired) electrons. The fourth-order valence-corrected chi connectivity index (χ4v) is 2.47. The third-order valence-corrected chi connectivity index (χ3v) is 3.26. The second-order valence-corrected chi connectivity index (χ2v) is 5.03. The Kier molecular flexibility index (Phi) is 14.1. The van der Waals surface area contributed by atoms with E-state index in [-0.39, 0.29) is 42.2 Å². The summed E-state index contributed by atoms with van der Waals surface area (Å²) in [5.41, 5.74) is 0. The number of ether oxygens (including phenoxy) is 1. The smallest absolute Gasteiger partial charge is 0.323 e. The van der Waals surface area contributed by atoms with E-state index >= 15 is 0 Å². The third-order valence-electron chi connectivity index (χ3n) is 2.76. The Labute approximate surface area is 137 Å². The summed E-state index contributed by atoms with van der Waals surface area (Å²) in [5.74, 6) is 0.437. The van der Waals surface area contributed by atoms with Crippen LogP contribution in [0.15, 0.2) is 0 Å². The lowest BCUT2D eigenvalue weighted by molar-refractivity contribution is -0.148. The van der Waals surface area contributed by atoms with Crippen LogP contribution in [0.1, 0.15) is 13.3 Å². The molecular formula is C11H22Cl4N2O2. The summed E-state index contributed by atoms with van der Waals surface area (Å²) >= 11 is 11.7. The van der Waals surface area contributed by atoms with Crippen LogP contribution in [0.4, 0.5) is 0 Å². The van der Waals surface area contributed by atoms with E-state index in [1.807, 2.05) is 6.92 Å². The van der Waals surface area contributed by atoms with Crippen molar-refractivity contribution in [1.29, 1.82) is 0 Å². The SMILES string of the molecule is CCOC(=O)[C@@H]1CC(Cl)CN1CCNCCCl.Cl.Cl. The van der Waals surface area contributed by atoms with Crippen LogP contribution in [0.2, 0.25) is 0 Å². The molecule has 1 unspecified atom stereocenters. The van der Waals surface area contributed by atoms with E-state index in [1.54, 1.807) is 0 Å². The maximum Gasteiger partial charge on any atom is 0.323 e. The van der Waals surface area contributed by atoms with Gasteiger partial charge >= 0.3 is 5.97 Å². The lowest BCUT2D eigenvalue weighted by atomic mass is 10.2. The molecule has 0 aromatic heterocycles. The topological polar surface area (TPSA) is 41.6 Å². The number of hydrogen-bond donors (Lipinski definition) is 1. The molecule has 1 saturated heterocycles. The number of carbonyl (C=O) groups is 1. The van der Waals surface area contributed by atoms with Crippen molar-refractivity contribution in [3.05, 3.63) is 0 Å². The maximum atomic E-state index is 11.7. The van der Waals surface area contributed by atoms with E-state index in [2.05, 4.69) is 10.2 Å². The van der Waals surface area contributed by atoms with Gasteiger partial charge in [-0.2, -0.15) is 0 Å². The van der Waals surface area contributed by atoms with Crippen molar-refractivity contribution in [2.45, 2.75) is 24.8 Å². The van der Waals surface area contributed by atoms with E-state index in [9.17, 15) is 4.79 Å². The van der Waals surface area contributed by atoms with E-state index in [1.165, 1.54) is 0 Å². The number of nitrogens with zero attached hydrogens (tertiary/aromatic N) is 1. The van der Waals surface area contributed by atoms with Crippen molar-refractivity contribution >= 4 is 54.0 Å². The molecule has 116 valence electrons. The lowest BCUT2D eigenvalue weighted by Crippen LogP contribution is -2.41. The largest absolute Gasteiger partial charge is 0.465 e. The van der Waals surface area contributed by atoms with Crippen LogP contribution in [0.25, 0.3) is 0 Å². The number of nitrogens with one attached hydrogen (secondary N) is 1. The second-order valence-electron chi connectivity index (χ2n) is 4.03. The van der Waals surface area contributed by atoms with Gasteiger partial charge in [-0.15, -0.1) is 48.0 Å². The predicted octanol–water partition coefficient (Wildman–Crippen LogP) is 1.90. The Morgan fingerprint density at radius 3 is 2.68 bits per heavy atom. The van der Waals surface area contributed by atoms with Gasteiger partial charge in [0.15, 0.2) is 0 Å². The van der Waals surface area contributed by atoms with Gasteiger partial charge in [0.25, 0.3) is 0 Å². The number of alkyl halides is 2. The Hall–Kier alpha value is 0.550. The van der Waals surface area contributed by atoms with E-state index in [0.29, 0.717) is 18.9 Å². The van der Waals surface area contributed by atoms with Crippen molar-refractivity contribution < 1.29 is 9.53 Å². The number of hydrogen-bond acceptors (Lipinski definition) is 4. The average Bonchev–Trinajstić information content (AvgIpc) is 2.66. The highest BCUT2D eigenvalue weighted by Crippen LogP contribution is 2.22. The van der Waals surface area contributed by atoms with Gasteiger partial charge in [0.1, 0.15) is 6.04 Å². The molecular weight excluding hydrogens is 334 g/mol. The van der Waals surface area contributed by atoms with E-state index in [4.69, 9.17) is 27.9 Å². The predicted molar refractivity (Wildman–Crippen MR) is 84.3 cm³/mol. The van der Waals surface area contributed by atoms with Gasteiger partial charge < -0.3 is 10.1 Å². The quantitative estimate of drug-likeness (QED) is 0.430. The Morgan fingerprint density at radius 2 is 2.11 bits per heavy atom. The van der Waals surface area contributed by atoms with Crippen molar-refractivity contribution in [2.75, 3.05) is 38.7 Å². The van der Waals surface area contributed by atoms with E-state index in [0.717, 1.165) is 26.2 Å². The molecule has 0 aromatic rings. The molecule has 0 spiro atoms. The molecule has 1 heterocycles. The van der Waals surface area contributed by atoms with Gasteiger partial charge in [-0.3, -0.25) is 9.69 Å². The molecule has 0 bridgehead atoms. The van der Waals surface area contributed by atoms with Gasteiger partial charge in [-0.1, -0.05) is 0 Å². The van der Waals surface area contributed by atoms with Crippen molar-refractivity contribution in [3.63, 3.8) is 0 Å². The molecule has 0 aliphatic carbocycles. The molecule has 19 heavy (non-hydrogen) atoms. The second kappa shape index (κ2) is 12.3. The zero-order chi connectivity index (χ0) is 12.7. The number of rotatable bonds is 7. The molecule has 1 N–H and O–H groups in total. The molecule has 1 aliphatic heterocycles. The highest BCUT2D eigenvalue weighted by atomic mass is 35.5. The molecule has 0 amide bonds. The highest BCUT2D eigenvalue weighted by Gasteiger charge is 2.36. The molecule has 2 atom stereocenters. The van der Waals surface area contributed by atoms with Gasteiger partial charge in [-0.25, -0.2) is 0 Å². The molecule has 0 saturated carbocycles. The van der Waals surface area contributed by atoms with Crippen LogP contribution < -0.4 is 5.32 Å². The van der Waals surface area contributed by atoms with Gasteiger partial charge in [0, 0.05) is 37.4 Å². The lowest BCUT2D eigenvalue weighted by Gasteiger charge is -2.22.